The van der Waals surface area contributed by atoms with Crippen LogP contribution in [0, 0.1) is 6.92 Å². The van der Waals surface area contributed by atoms with Gasteiger partial charge < -0.3 is 15.3 Å². The van der Waals surface area contributed by atoms with Crippen LogP contribution in [0.15, 0.2) is 22.7 Å². The molecular weight excluding hydrogens is 284 g/mol. The van der Waals surface area contributed by atoms with Gasteiger partial charge in [0.15, 0.2) is 0 Å². The van der Waals surface area contributed by atoms with E-state index in [0.717, 1.165) is 15.7 Å². The predicted molar refractivity (Wildman–Crippen MR) is 70.1 cm³/mol. The molecule has 0 radical (unpaired) electrons. The van der Waals surface area contributed by atoms with Crippen molar-refractivity contribution >= 4 is 27.5 Å². The second-order valence-electron chi connectivity index (χ2n) is 4.11. The van der Waals surface area contributed by atoms with Gasteiger partial charge in [-0.25, -0.2) is 0 Å². The van der Waals surface area contributed by atoms with Crippen molar-refractivity contribution in [2.24, 2.45) is 0 Å². The van der Waals surface area contributed by atoms with Crippen molar-refractivity contribution in [3.63, 3.8) is 0 Å². The first-order valence-electron chi connectivity index (χ1n) is 5.55. The van der Waals surface area contributed by atoms with Gasteiger partial charge in [0.1, 0.15) is 6.04 Å². The molecule has 2 rings (SSSR count). The standard InChI is InChI=1S/C12H15BrN2O2/c1-8-2-3-9(6-10(8)13)15-5-4-14-11(7-16)12(15)17/h2-3,6,11,14,16H,4-5,7H2,1H3. The van der Waals surface area contributed by atoms with Gasteiger partial charge in [0.25, 0.3) is 0 Å². The summed E-state index contributed by atoms with van der Waals surface area (Å²) in [6.45, 7) is 3.17. The SMILES string of the molecule is Cc1ccc(N2CCNC(CO)C2=O)cc1Br. The highest BCUT2D eigenvalue weighted by Gasteiger charge is 2.28. The molecular formula is C12H15BrN2O2. The molecule has 1 aliphatic heterocycles. The summed E-state index contributed by atoms with van der Waals surface area (Å²) in [6, 6.07) is 5.36. The highest BCUT2D eigenvalue weighted by atomic mass is 79.9. The molecule has 92 valence electrons. The van der Waals surface area contributed by atoms with Crippen molar-refractivity contribution in [2.45, 2.75) is 13.0 Å². The number of carbonyl (C=O) groups excluding carboxylic acids is 1. The molecule has 0 aliphatic carbocycles. The Kier molecular flexibility index (Phi) is 3.81. The predicted octanol–water partition coefficient (Wildman–Crippen LogP) is 1.05. The van der Waals surface area contributed by atoms with E-state index in [-0.39, 0.29) is 12.5 Å². The zero-order valence-electron chi connectivity index (χ0n) is 9.61. The largest absolute Gasteiger partial charge is 0.394 e. The van der Waals surface area contributed by atoms with Gasteiger partial charge in [-0.05, 0) is 24.6 Å². The number of nitrogens with zero attached hydrogens (tertiary/aromatic N) is 1. The van der Waals surface area contributed by atoms with Gasteiger partial charge in [-0.2, -0.15) is 0 Å². The number of piperazine rings is 1. The number of amides is 1. The van der Waals surface area contributed by atoms with E-state index in [1.807, 2.05) is 25.1 Å². The molecule has 2 N–H and O–H groups in total. The van der Waals surface area contributed by atoms with Crippen LogP contribution < -0.4 is 10.2 Å². The second kappa shape index (κ2) is 5.16. The maximum absolute atomic E-state index is 12.0. The lowest BCUT2D eigenvalue weighted by Gasteiger charge is -2.32. The number of halogens is 1. The van der Waals surface area contributed by atoms with Gasteiger partial charge >= 0.3 is 0 Å². The number of aliphatic hydroxyl groups excluding tert-OH is 1. The van der Waals surface area contributed by atoms with E-state index in [4.69, 9.17) is 5.11 Å². The molecule has 0 aromatic heterocycles. The monoisotopic (exact) mass is 298 g/mol. The van der Waals surface area contributed by atoms with Gasteiger partial charge in [-0.1, -0.05) is 22.0 Å². The topological polar surface area (TPSA) is 52.6 Å². The van der Waals surface area contributed by atoms with Gasteiger partial charge in [-0.15, -0.1) is 0 Å². The molecule has 0 bridgehead atoms. The third-order valence-electron chi connectivity index (χ3n) is 2.94. The van der Waals surface area contributed by atoms with Gasteiger partial charge in [0.2, 0.25) is 5.91 Å². The molecule has 5 heteroatoms. The normalized spacial score (nSPS) is 20.8. The number of aliphatic hydroxyl groups is 1. The van der Waals surface area contributed by atoms with Crippen molar-refractivity contribution < 1.29 is 9.90 Å². The van der Waals surface area contributed by atoms with Gasteiger partial charge in [-0.3, -0.25) is 4.79 Å². The molecule has 1 aliphatic rings. The van der Waals surface area contributed by atoms with Crippen molar-refractivity contribution in [2.75, 3.05) is 24.6 Å². The number of nitrogens with one attached hydrogen (secondary N) is 1. The summed E-state index contributed by atoms with van der Waals surface area (Å²) in [5.41, 5.74) is 2.00. The summed E-state index contributed by atoms with van der Waals surface area (Å²) in [6.07, 6.45) is 0. The van der Waals surface area contributed by atoms with E-state index in [1.54, 1.807) is 4.90 Å². The molecule has 1 atom stereocenters. The fraction of sp³-hybridized carbons (Fsp3) is 0.417. The number of anilines is 1. The van der Waals surface area contributed by atoms with E-state index in [1.165, 1.54) is 0 Å². The summed E-state index contributed by atoms with van der Waals surface area (Å²) < 4.78 is 0.988. The Morgan fingerprint density at radius 1 is 1.59 bits per heavy atom. The Morgan fingerprint density at radius 2 is 2.35 bits per heavy atom. The van der Waals surface area contributed by atoms with Crippen molar-refractivity contribution in [1.82, 2.24) is 5.32 Å². The number of hydrogen-bond acceptors (Lipinski definition) is 3. The number of aryl methyl sites for hydroxylation is 1. The first-order chi connectivity index (χ1) is 8.13. The number of benzene rings is 1. The quantitative estimate of drug-likeness (QED) is 0.858. The van der Waals surface area contributed by atoms with Gasteiger partial charge in [0.05, 0.1) is 6.61 Å². The maximum atomic E-state index is 12.0. The first kappa shape index (κ1) is 12.5. The third-order valence-corrected chi connectivity index (χ3v) is 3.79. The van der Waals surface area contributed by atoms with E-state index in [2.05, 4.69) is 21.2 Å². The summed E-state index contributed by atoms with van der Waals surface area (Å²) in [5.74, 6) is -0.0745. The average molecular weight is 299 g/mol. The molecule has 1 unspecified atom stereocenters. The molecule has 1 heterocycles. The zero-order valence-corrected chi connectivity index (χ0v) is 11.2. The molecule has 1 aromatic carbocycles. The minimum absolute atomic E-state index is 0.0745. The Bertz CT molecular complexity index is 437. The Hall–Kier alpha value is -0.910. The zero-order chi connectivity index (χ0) is 12.4. The minimum Gasteiger partial charge on any atom is -0.394 e. The molecule has 0 saturated carbocycles. The molecule has 1 aromatic rings. The van der Waals surface area contributed by atoms with E-state index < -0.39 is 6.04 Å². The lowest BCUT2D eigenvalue weighted by Crippen LogP contribution is -2.56. The lowest BCUT2D eigenvalue weighted by molar-refractivity contribution is -0.122. The van der Waals surface area contributed by atoms with Crippen LogP contribution in [0.25, 0.3) is 0 Å². The van der Waals surface area contributed by atoms with E-state index in [0.29, 0.717) is 13.1 Å². The number of hydrogen-bond donors (Lipinski definition) is 2. The second-order valence-corrected chi connectivity index (χ2v) is 4.97. The van der Waals surface area contributed by atoms with Crippen LogP contribution in [-0.4, -0.2) is 36.8 Å². The molecule has 1 fully saturated rings. The van der Waals surface area contributed by atoms with E-state index in [9.17, 15) is 4.79 Å². The number of carbonyl (C=O) groups is 1. The van der Waals surface area contributed by atoms with Crippen LogP contribution in [0.4, 0.5) is 5.69 Å². The smallest absolute Gasteiger partial charge is 0.246 e. The third kappa shape index (κ3) is 2.51. The summed E-state index contributed by atoms with van der Waals surface area (Å²) >= 11 is 3.46. The molecule has 1 saturated heterocycles. The van der Waals surface area contributed by atoms with Crippen molar-refractivity contribution in [3.8, 4) is 0 Å². The van der Waals surface area contributed by atoms with Crippen LogP contribution in [-0.2, 0) is 4.79 Å². The summed E-state index contributed by atoms with van der Waals surface area (Å²) in [4.78, 5) is 13.8. The number of rotatable bonds is 2. The minimum atomic E-state index is -0.483. The fourth-order valence-electron chi connectivity index (χ4n) is 1.88. The van der Waals surface area contributed by atoms with Crippen molar-refractivity contribution in [1.29, 1.82) is 0 Å². The van der Waals surface area contributed by atoms with Crippen molar-refractivity contribution in [3.05, 3.63) is 28.2 Å². The maximum Gasteiger partial charge on any atom is 0.246 e. The summed E-state index contributed by atoms with van der Waals surface area (Å²) in [5, 5.41) is 12.1. The van der Waals surface area contributed by atoms with E-state index >= 15 is 0 Å². The van der Waals surface area contributed by atoms with Crippen LogP contribution in [0.2, 0.25) is 0 Å². The van der Waals surface area contributed by atoms with Crippen LogP contribution in [0.3, 0.4) is 0 Å². The Balaban J connectivity index is 2.26. The Morgan fingerprint density at radius 3 is 3.00 bits per heavy atom. The summed E-state index contributed by atoms with van der Waals surface area (Å²) in [7, 11) is 0. The molecule has 0 spiro atoms. The lowest BCUT2D eigenvalue weighted by atomic mass is 10.1. The average Bonchev–Trinajstić information content (AvgIpc) is 2.33. The van der Waals surface area contributed by atoms with Gasteiger partial charge in [0, 0.05) is 23.2 Å². The molecule has 1 amide bonds. The molecule has 4 nitrogen and oxygen atoms in total. The first-order valence-corrected chi connectivity index (χ1v) is 6.34. The fourth-order valence-corrected chi connectivity index (χ4v) is 2.25. The van der Waals surface area contributed by atoms with Crippen LogP contribution in [0.5, 0.6) is 0 Å². The Labute approximate surface area is 109 Å². The highest BCUT2D eigenvalue weighted by molar-refractivity contribution is 9.10. The van der Waals surface area contributed by atoms with Crippen LogP contribution in [0.1, 0.15) is 5.56 Å². The van der Waals surface area contributed by atoms with Crippen LogP contribution >= 0.6 is 15.9 Å². The highest BCUT2D eigenvalue weighted by Crippen LogP contribution is 2.24. The molecule has 17 heavy (non-hydrogen) atoms.